The largest absolute Gasteiger partial charge is 0.397 e. The number of halogens is 2. The molecule has 0 heterocycles. The minimum Gasteiger partial charge on any atom is -0.397 e. The van der Waals surface area contributed by atoms with Gasteiger partial charge in [-0.25, -0.2) is 12.8 Å². The van der Waals surface area contributed by atoms with Crippen molar-refractivity contribution in [2.24, 2.45) is 0 Å². The molecular formula is C13H12ClFN2O2S. The monoisotopic (exact) mass is 314 g/mol. The normalized spacial score (nSPS) is 11.3. The fourth-order valence-corrected chi connectivity index (χ4v) is 2.45. The Morgan fingerprint density at radius 1 is 1.15 bits per heavy atom. The zero-order valence-electron chi connectivity index (χ0n) is 10.5. The van der Waals surface area contributed by atoms with Crippen LogP contribution in [-0.2, 0) is 9.84 Å². The Morgan fingerprint density at radius 3 is 2.45 bits per heavy atom. The number of rotatable bonds is 3. The van der Waals surface area contributed by atoms with E-state index in [1.165, 1.54) is 36.4 Å². The van der Waals surface area contributed by atoms with E-state index < -0.39 is 15.7 Å². The van der Waals surface area contributed by atoms with Crippen molar-refractivity contribution < 1.29 is 12.8 Å². The van der Waals surface area contributed by atoms with Crippen molar-refractivity contribution in [1.29, 1.82) is 0 Å². The number of hydrogen-bond donors (Lipinski definition) is 2. The van der Waals surface area contributed by atoms with Gasteiger partial charge in [-0.1, -0.05) is 11.6 Å². The van der Waals surface area contributed by atoms with Crippen LogP contribution in [0.4, 0.5) is 21.5 Å². The van der Waals surface area contributed by atoms with Gasteiger partial charge >= 0.3 is 0 Å². The van der Waals surface area contributed by atoms with E-state index in [2.05, 4.69) is 5.32 Å². The van der Waals surface area contributed by atoms with E-state index >= 15 is 0 Å². The lowest BCUT2D eigenvalue weighted by Gasteiger charge is -2.11. The van der Waals surface area contributed by atoms with Crippen LogP contribution in [-0.4, -0.2) is 14.7 Å². The molecule has 0 radical (unpaired) electrons. The number of benzene rings is 2. The molecule has 106 valence electrons. The van der Waals surface area contributed by atoms with Crippen molar-refractivity contribution in [2.45, 2.75) is 4.90 Å². The van der Waals surface area contributed by atoms with Crippen molar-refractivity contribution in [1.82, 2.24) is 0 Å². The Labute approximate surface area is 121 Å². The number of nitrogens with two attached hydrogens (primary N) is 1. The summed E-state index contributed by atoms with van der Waals surface area (Å²) in [5.41, 5.74) is 6.54. The first kappa shape index (κ1) is 14.6. The van der Waals surface area contributed by atoms with Gasteiger partial charge in [0, 0.05) is 11.3 Å². The summed E-state index contributed by atoms with van der Waals surface area (Å²) < 4.78 is 36.4. The van der Waals surface area contributed by atoms with Gasteiger partial charge in [0.15, 0.2) is 9.84 Å². The molecule has 2 rings (SSSR count). The Hall–Kier alpha value is -1.79. The molecule has 0 aliphatic heterocycles. The highest BCUT2D eigenvalue weighted by Crippen LogP contribution is 2.28. The standard InChI is InChI=1S/C13H12ClFN2O2S/c1-20(18,19)9-3-5-12(11(16)7-9)17-13-6-8(14)2-4-10(13)15/h2-7,17H,16H2,1H3. The SMILES string of the molecule is CS(=O)(=O)c1ccc(Nc2cc(Cl)ccc2F)c(N)c1. The van der Waals surface area contributed by atoms with E-state index in [-0.39, 0.29) is 16.3 Å². The van der Waals surface area contributed by atoms with Crippen LogP contribution in [0.2, 0.25) is 5.02 Å². The second-order valence-electron chi connectivity index (χ2n) is 4.27. The molecular weight excluding hydrogens is 303 g/mol. The van der Waals surface area contributed by atoms with Gasteiger partial charge in [0.2, 0.25) is 0 Å². The fraction of sp³-hybridized carbons (Fsp3) is 0.0769. The molecule has 0 aliphatic rings. The third-order valence-electron chi connectivity index (χ3n) is 2.65. The molecule has 20 heavy (non-hydrogen) atoms. The van der Waals surface area contributed by atoms with Crippen molar-refractivity contribution in [3.8, 4) is 0 Å². The summed E-state index contributed by atoms with van der Waals surface area (Å²) in [7, 11) is -3.33. The number of nitrogens with one attached hydrogen (secondary N) is 1. The molecule has 3 N–H and O–H groups in total. The van der Waals surface area contributed by atoms with Gasteiger partial charge in [-0.15, -0.1) is 0 Å². The number of sulfone groups is 1. The minimum atomic E-state index is -3.33. The quantitative estimate of drug-likeness (QED) is 0.853. The molecule has 0 aromatic heterocycles. The molecule has 0 amide bonds. The van der Waals surface area contributed by atoms with Gasteiger partial charge in [-0.3, -0.25) is 0 Å². The molecule has 0 saturated carbocycles. The van der Waals surface area contributed by atoms with Crippen LogP contribution >= 0.6 is 11.6 Å². The molecule has 0 fully saturated rings. The minimum absolute atomic E-state index is 0.104. The molecule has 0 bridgehead atoms. The van der Waals surface area contributed by atoms with Gasteiger partial charge < -0.3 is 11.1 Å². The molecule has 4 nitrogen and oxygen atoms in total. The van der Waals surface area contributed by atoms with Gasteiger partial charge in [-0.2, -0.15) is 0 Å². The Balaban J connectivity index is 2.38. The molecule has 2 aromatic rings. The van der Waals surface area contributed by atoms with E-state index in [0.717, 1.165) is 6.26 Å². The van der Waals surface area contributed by atoms with E-state index in [1.807, 2.05) is 0 Å². The Morgan fingerprint density at radius 2 is 1.85 bits per heavy atom. The maximum atomic E-state index is 13.6. The van der Waals surface area contributed by atoms with Gasteiger partial charge in [0.25, 0.3) is 0 Å². The summed E-state index contributed by atoms with van der Waals surface area (Å²) in [5.74, 6) is -0.485. The van der Waals surface area contributed by atoms with E-state index in [4.69, 9.17) is 17.3 Å². The fourth-order valence-electron chi connectivity index (χ4n) is 1.62. The van der Waals surface area contributed by atoms with E-state index in [1.54, 1.807) is 0 Å². The third-order valence-corrected chi connectivity index (χ3v) is 3.99. The van der Waals surface area contributed by atoms with Crippen molar-refractivity contribution in [2.75, 3.05) is 17.3 Å². The second-order valence-corrected chi connectivity index (χ2v) is 6.72. The van der Waals surface area contributed by atoms with Crippen LogP contribution in [0.25, 0.3) is 0 Å². The van der Waals surface area contributed by atoms with E-state index in [9.17, 15) is 12.8 Å². The summed E-state index contributed by atoms with van der Waals surface area (Å²) in [6.07, 6.45) is 1.09. The van der Waals surface area contributed by atoms with Crippen LogP contribution in [0.1, 0.15) is 0 Å². The lowest BCUT2D eigenvalue weighted by atomic mass is 10.2. The van der Waals surface area contributed by atoms with Crippen LogP contribution < -0.4 is 11.1 Å². The smallest absolute Gasteiger partial charge is 0.175 e. The highest BCUT2D eigenvalue weighted by atomic mass is 35.5. The molecule has 0 unspecified atom stereocenters. The lowest BCUT2D eigenvalue weighted by molar-refractivity contribution is 0.602. The molecule has 0 spiro atoms. The van der Waals surface area contributed by atoms with Gasteiger partial charge in [-0.05, 0) is 36.4 Å². The highest BCUT2D eigenvalue weighted by Gasteiger charge is 2.11. The van der Waals surface area contributed by atoms with Crippen LogP contribution in [0, 0.1) is 5.82 Å². The number of anilines is 3. The Bertz CT molecular complexity index is 763. The maximum Gasteiger partial charge on any atom is 0.175 e. The predicted octanol–water partition coefficient (Wildman–Crippen LogP) is 3.21. The Kier molecular flexibility index (Phi) is 3.87. The zero-order chi connectivity index (χ0) is 14.9. The summed E-state index contributed by atoms with van der Waals surface area (Å²) in [6, 6.07) is 8.27. The van der Waals surface area contributed by atoms with Gasteiger partial charge in [0.05, 0.1) is 22.0 Å². The van der Waals surface area contributed by atoms with Crippen molar-refractivity contribution in [3.63, 3.8) is 0 Å². The van der Waals surface area contributed by atoms with Crippen LogP contribution in [0.3, 0.4) is 0 Å². The molecule has 0 saturated heterocycles. The first-order chi connectivity index (χ1) is 9.27. The summed E-state index contributed by atoms with van der Waals surface area (Å²) in [4.78, 5) is 0.104. The van der Waals surface area contributed by atoms with Crippen molar-refractivity contribution in [3.05, 3.63) is 47.2 Å². The molecule has 2 aromatic carbocycles. The maximum absolute atomic E-state index is 13.6. The van der Waals surface area contributed by atoms with Gasteiger partial charge in [0.1, 0.15) is 5.82 Å². The first-order valence-electron chi connectivity index (χ1n) is 5.59. The predicted molar refractivity (Wildman–Crippen MR) is 78.7 cm³/mol. The average molecular weight is 315 g/mol. The summed E-state index contributed by atoms with van der Waals surface area (Å²) >= 11 is 5.79. The molecule has 0 atom stereocenters. The topological polar surface area (TPSA) is 72.2 Å². The molecule has 0 aliphatic carbocycles. The lowest BCUT2D eigenvalue weighted by Crippen LogP contribution is -2.02. The zero-order valence-corrected chi connectivity index (χ0v) is 12.1. The van der Waals surface area contributed by atoms with Crippen LogP contribution in [0.15, 0.2) is 41.3 Å². The first-order valence-corrected chi connectivity index (χ1v) is 7.86. The third kappa shape index (κ3) is 3.20. The second kappa shape index (κ2) is 5.30. The van der Waals surface area contributed by atoms with Crippen LogP contribution in [0.5, 0.6) is 0 Å². The molecule has 7 heteroatoms. The van der Waals surface area contributed by atoms with Crippen molar-refractivity contribution >= 4 is 38.5 Å². The number of hydrogen-bond acceptors (Lipinski definition) is 4. The summed E-state index contributed by atoms with van der Waals surface area (Å²) in [5, 5.41) is 3.16. The highest BCUT2D eigenvalue weighted by molar-refractivity contribution is 7.90. The van der Waals surface area contributed by atoms with E-state index in [0.29, 0.717) is 10.7 Å². The summed E-state index contributed by atoms with van der Waals surface area (Å²) in [6.45, 7) is 0. The average Bonchev–Trinajstić information content (AvgIpc) is 2.35. The number of nitrogen functional groups attached to an aromatic ring is 1.